The number of methoxy groups -OCH3 is 1. The van der Waals surface area contributed by atoms with Crippen molar-refractivity contribution in [3.05, 3.63) is 0 Å². The molecule has 3 fully saturated rings. The number of ether oxygens (including phenoxy) is 6. The number of hydrogen-bond acceptors (Lipinski definition) is 18. The molecule has 20 heteroatoms. The Morgan fingerprint density at radius 3 is 2.11 bits per heavy atom. The monoisotopic (exact) mass is 647 g/mol. The summed E-state index contributed by atoms with van der Waals surface area (Å²) in [6.45, 7) is -1.23. The van der Waals surface area contributed by atoms with Crippen molar-refractivity contribution < 1.29 is 94.2 Å². The number of nitrogens with one attached hydrogen (secondary N) is 1. The molecular weight excluding hydrogens is 606 g/mol. The normalized spacial score (nSPS) is 44.5. The van der Waals surface area contributed by atoms with E-state index in [0.717, 1.165) is 6.92 Å². The molecule has 12 N–H and O–H groups in total. The molecule has 20 nitrogen and oxygen atoms in total. The van der Waals surface area contributed by atoms with Crippen LogP contribution in [-0.4, -0.2) is 193 Å². The van der Waals surface area contributed by atoms with Crippen LogP contribution in [0.3, 0.4) is 0 Å². The lowest BCUT2D eigenvalue weighted by molar-refractivity contribution is -0.385. The molecule has 0 unspecified atom stereocenters. The number of aliphatic carboxylic acids is 1. The summed E-state index contributed by atoms with van der Waals surface area (Å²) in [5, 5.41) is 116. The lowest BCUT2D eigenvalue weighted by Crippen LogP contribution is -2.70. The van der Waals surface area contributed by atoms with Gasteiger partial charge in [0.25, 0.3) is 5.79 Å². The summed E-state index contributed by atoms with van der Waals surface area (Å²) in [6.07, 6.45) is -27.2. The maximum absolute atomic E-state index is 12.6. The number of amides is 1. The molecule has 0 radical (unpaired) electrons. The van der Waals surface area contributed by atoms with Gasteiger partial charge in [0.05, 0.1) is 32.0 Å². The Hall–Kier alpha value is -1.70. The smallest absolute Gasteiger partial charge is 0.364 e. The van der Waals surface area contributed by atoms with Crippen molar-refractivity contribution in [1.82, 2.24) is 5.32 Å². The van der Waals surface area contributed by atoms with E-state index in [9.17, 15) is 65.8 Å². The van der Waals surface area contributed by atoms with E-state index in [4.69, 9.17) is 28.4 Å². The van der Waals surface area contributed by atoms with Gasteiger partial charge in [0, 0.05) is 20.5 Å². The number of aliphatic hydroxyl groups is 10. The van der Waals surface area contributed by atoms with Crippen molar-refractivity contribution in [1.29, 1.82) is 0 Å². The van der Waals surface area contributed by atoms with Crippen LogP contribution in [0.4, 0.5) is 0 Å². The molecule has 0 aromatic heterocycles. The summed E-state index contributed by atoms with van der Waals surface area (Å²) in [6, 6.07) is -1.49. The van der Waals surface area contributed by atoms with Gasteiger partial charge in [0.1, 0.15) is 67.1 Å². The molecular formula is C24H41NO19. The summed E-state index contributed by atoms with van der Waals surface area (Å²) < 4.78 is 31.9. The summed E-state index contributed by atoms with van der Waals surface area (Å²) in [5.41, 5.74) is 0. The van der Waals surface area contributed by atoms with Gasteiger partial charge in [-0.1, -0.05) is 0 Å². The maximum Gasteiger partial charge on any atom is 0.364 e. The molecule has 3 saturated heterocycles. The Bertz CT molecular complexity index is 958. The second kappa shape index (κ2) is 15.3. The average molecular weight is 648 g/mol. The Kier molecular flexibility index (Phi) is 12.8. The SMILES string of the molecule is COC[C@@H](O)[C@@H](O)[C@@H]1O[C@@](O[C@H]2[C@@H](O)[C@@H](CO)O[C@@H](O[C@H]3[C@H](O)[C@@H](O)[C@H](O)O[C@@H]3CO)[C@@H]2O)(C(=O)O)C[C@H](O)[C@H]1NC(C)=O. The molecule has 3 aliphatic rings. The van der Waals surface area contributed by atoms with Crippen molar-refractivity contribution in [2.24, 2.45) is 0 Å². The topological polar surface area (TPSA) is 324 Å². The van der Waals surface area contributed by atoms with Crippen molar-refractivity contribution in [2.45, 2.75) is 111 Å². The molecule has 0 aliphatic carbocycles. The van der Waals surface area contributed by atoms with Gasteiger partial charge in [-0.2, -0.15) is 0 Å². The number of carboxylic acids is 1. The first-order valence-corrected chi connectivity index (χ1v) is 13.6. The molecule has 3 aliphatic heterocycles. The highest BCUT2D eigenvalue weighted by Crippen LogP contribution is 2.38. The van der Waals surface area contributed by atoms with E-state index in [1.807, 2.05) is 0 Å². The largest absolute Gasteiger partial charge is 0.477 e. The van der Waals surface area contributed by atoms with Crippen molar-refractivity contribution in [2.75, 3.05) is 26.9 Å². The van der Waals surface area contributed by atoms with Crippen LogP contribution in [0.2, 0.25) is 0 Å². The maximum atomic E-state index is 12.6. The highest BCUT2D eigenvalue weighted by atomic mass is 16.8. The molecule has 0 bridgehead atoms. The number of carbonyl (C=O) groups is 2. The van der Waals surface area contributed by atoms with E-state index in [-0.39, 0.29) is 0 Å². The van der Waals surface area contributed by atoms with E-state index < -0.39 is 136 Å². The van der Waals surface area contributed by atoms with Crippen LogP contribution in [0.25, 0.3) is 0 Å². The number of aliphatic hydroxyl groups excluding tert-OH is 10. The summed E-state index contributed by atoms with van der Waals surface area (Å²) >= 11 is 0. The van der Waals surface area contributed by atoms with E-state index in [2.05, 4.69) is 5.32 Å². The minimum absolute atomic E-state index is 0.475. The number of hydrogen-bond donors (Lipinski definition) is 12. The van der Waals surface area contributed by atoms with Gasteiger partial charge in [-0.25, -0.2) is 4.79 Å². The first kappa shape index (κ1) is 36.8. The molecule has 3 rings (SSSR count). The van der Waals surface area contributed by atoms with Crippen LogP contribution >= 0.6 is 0 Å². The summed E-state index contributed by atoms with van der Waals surface area (Å²) in [7, 11) is 1.19. The Morgan fingerprint density at radius 1 is 0.932 bits per heavy atom. The van der Waals surface area contributed by atoms with Crippen LogP contribution in [0.1, 0.15) is 13.3 Å². The van der Waals surface area contributed by atoms with Crippen LogP contribution < -0.4 is 5.32 Å². The third kappa shape index (κ3) is 7.63. The standard InChI is InChI=1S/C24H41NO19/c1-7(28)25-12-8(29)3-24(23(37)38,43-19(12)13(31)9(30)6-39-2)44-20-14(32)10(4-26)41-22(17(20)35)42-18-11(5-27)40-21(36)16(34)15(18)33/h8-22,26-27,29-36H,3-6H2,1-2H3,(H,25,28)(H,37,38)/t8-,9+,10+,11+,12+,13+,14-,15+,16+,17+,18+,19+,20-,21+,22-,24-/m0/s1. The third-order valence-corrected chi connectivity index (χ3v) is 7.62. The van der Waals surface area contributed by atoms with Crippen LogP contribution in [-0.2, 0) is 38.0 Å². The molecule has 44 heavy (non-hydrogen) atoms. The molecule has 1 amide bonds. The van der Waals surface area contributed by atoms with Crippen LogP contribution in [0, 0.1) is 0 Å². The highest BCUT2D eigenvalue weighted by Gasteiger charge is 2.60. The van der Waals surface area contributed by atoms with Crippen molar-refractivity contribution >= 4 is 11.9 Å². The third-order valence-electron chi connectivity index (χ3n) is 7.62. The van der Waals surface area contributed by atoms with Crippen LogP contribution in [0.15, 0.2) is 0 Å². The van der Waals surface area contributed by atoms with Gasteiger partial charge in [0.2, 0.25) is 5.91 Å². The quantitative estimate of drug-likeness (QED) is 0.0935. The Morgan fingerprint density at radius 2 is 1.57 bits per heavy atom. The Balaban J connectivity index is 1.95. The Labute approximate surface area is 249 Å². The van der Waals surface area contributed by atoms with Gasteiger partial charge in [-0.15, -0.1) is 0 Å². The van der Waals surface area contributed by atoms with Crippen molar-refractivity contribution in [3.63, 3.8) is 0 Å². The fraction of sp³-hybridized carbons (Fsp3) is 0.917. The first-order valence-electron chi connectivity index (χ1n) is 13.6. The molecule has 0 spiro atoms. The summed E-state index contributed by atoms with van der Waals surface area (Å²) in [5.74, 6) is -5.63. The summed E-state index contributed by atoms with van der Waals surface area (Å²) in [4.78, 5) is 24.4. The van der Waals surface area contributed by atoms with Crippen LogP contribution in [0.5, 0.6) is 0 Å². The minimum atomic E-state index is -2.98. The number of carbonyl (C=O) groups excluding carboxylic acids is 1. The molecule has 0 aromatic rings. The lowest BCUT2D eigenvalue weighted by Gasteiger charge is -2.50. The van der Waals surface area contributed by atoms with E-state index >= 15 is 0 Å². The minimum Gasteiger partial charge on any atom is -0.477 e. The van der Waals surface area contributed by atoms with Gasteiger partial charge in [0.15, 0.2) is 12.6 Å². The predicted molar refractivity (Wildman–Crippen MR) is 135 cm³/mol. The molecule has 0 aromatic carbocycles. The fourth-order valence-electron chi connectivity index (χ4n) is 5.32. The zero-order valence-electron chi connectivity index (χ0n) is 23.7. The van der Waals surface area contributed by atoms with E-state index in [1.165, 1.54) is 7.11 Å². The van der Waals surface area contributed by atoms with Gasteiger partial charge in [-0.05, 0) is 0 Å². The second-order valence-electron chi connectivity index (χ2n) is 10.8. The zero-order chi connectivity index (χ0) is 33.1. The molecule has 256 valence electrons. The number of rotatable bonds is 12. The van der Waals surface area contributed by atoms with Gasteiger partial charge in [-0.3, -0.25) is 4.79 Å². The highest BCUT2D eigenvalue weighted by molar-refractivity contribution is 5.76. The van der Waals surface area contributed by atoms with Crippen molar-refractivity contribution in [3.8, 4) is 0 Å². The van der Waals surface area contributed by atoms with E-state index in [0.29, 0.717) is 0 Å². The first-order chi connectivity index (χ1) is 20.6. The molecule has 16 atom stereocenters. The molecule has 3 heterocycles. The van der Waals surface area contributed by atoms with Gasteiger partial charge < -0.3 is 89.9 Å². The average Bonchev–Trinajstić information content (AvgIpc) is 2.97. The molecule has 0 saturated carbocycles. The second-order valence-corrected chi connectivity index (χ2v) is 10.8. The lowest BCUT2D eigenvalue weighted by atomic mass is 9.88. The van der Waals surface area contributed by atoms with Gasteiger partial charge >= 0.3 is 5.97 Å². The number of carboxylic acid groups (broad SMARTS) is 1. The zero-order valence-corrected chi connectivity index (χ0v) is 23.7. The fourth-order valence-corrected chi connectivity index (χ4v) is 5.32. The predicted octanol–water partition coefficient (Wildman–Crippen LogP) is -7.57. The van der Waals surface area contributed by atoms with E-state index in [1.54, 1.807) is 0 Å².